The Hall–Kier alpha value is -1.45. The van der Waals surface area contributed by atoms with E-state index in [0.29, 0.717) is 37.4 Å². The molecule has 9 heteroatoms. The summed E-state index contributed by atoms with van der Waals surface area (Å²) in [6.07, 6.45) is 0.604. The highest BCUT2D eigenvalue weighted by molar-refractivity contribution is 7.89. The summed E-state index contributed by atoms with van der Waals surface area (Å²) in [6, 6.07) is 0. The van der Waals surface area contributed by atoms with Crippen LogP contribution in [0, 0.1) is 13.8 Å². The molecule has 23 heavy (non-hydrogen) atoms. The van der Waals surface area contributed by atoms with Crippen LogP contribution in [0.25, 0.3) is 0 Å². The number of ether oxygens (including phenoxy) is 1. The molecule has 0 atom stereocenters. The van der Waals surface area contributed by atoms with Gasteiger partial charge in [0.25, 0.3) is 0 Å². The fourth-order valence-corrected chi connectivity index (χ4v) is 4.72. The summed E-state index contributed by atoms with van der Waals surface area (Å²) in [5.41, 5.74) is 1.13. The van der Waals surface area contributed by atoms with Crippen LogP contribution in [0.15, 0.2) is 4.90 Å². The normalized spacial score (nSPS) is 17.3. The first-order valence-electron chi connectivity index (χ1n) is 7.56. The van der Waals surface area contributed by atoms with Gasteiger partial charge >= 0.3 is 0 Å². The van der Waals surface area contributed by atoms with E-state index in [1.807, 2.05) is 0 Å². The second-order valence-electron chi connectivity index (χ2n) is 5.69. The monoisotopic (exact) mass is 344 g/mol. The van der Waals surface area contributed by atoms with E-state index in [9.17, 15) is 13.2 Å². The molecule has 1 aromatic rings. The molecule has 0 saturated carbocycles. The Kier molecular flexibility index (Phi) is 5.43. The highest BCUT2D eigenvalue weighted by Crippen LogP contribution is 2.24. The zero-order chi connectivity index (χ0) is 17.2. The van der Waals surface area contributed by atoms with Gasteiger partial charge in [0.1, 0.15) is 11.5 Å². The third-order valence-corrected chi connectivity index (χ3v) is 6.27. The van der Waals surface area contributed by atoms with Crippen molar-refractivity contribution in [3.63, 3.8) is 0 Å². The summed E-state index contributed by atoms with van der Waals surface area (Å²) >= 11 is 0. The minimum Gasteiger partial charge on any atom is -0.375 e. The number of carbonyl (C=O) groups is 1. The van der Waals surface area contributed by atoms with Gasteiger partial charge in [-0.25, -0.2) is 8.42 Å². The standard InChI is InChI=1S/C14H24N4O4S/c1-11-14(12(2)16(3)15-11)23(20,21)18-7-5-6-17(8-9-18)13(19)10-22-4/h5-10H2,1-4H3. The lowest BCUT2D eigenvalue weighted by Crippen LogP contribution is -2.38. The third-order valence-electron chi connectivity index (χ3n) is 4.12. The molecule has 1 aliphatic rings. The fraction of sp³-hybridized carbons (Fsp3) is 0.714. The molecule has 1 saturated heterocycles. The first-order valence-corrected chi connectivity index (χ1v) is 9.00. The Balaban J connectivity index is 2.20. The van der Waals surface area contributed by atoms with E-state index in [0.717, 1.165) is 0 Å². The lowest BCUT2D eigenvalue weighted by Gasteiger charge is -2.22. The first-order chi connectivity index (χ1) is 10.8. The van der Waals surface area contributed by atoms with E-state index < -0.39 is 10.0 Å². The second kappa shape index (κ2) is 6.98. The summed E-state index contributed by atoms with van der Waals surface area (Å²) < 4.78 is 33.8. The average Bonchev–Trinajstić information content (AvgIpc) is 2.68. The molecular weight excluding hydrogens is 320 g/mol. The number of methoxy groups -OCH3 is 1. The molecule has 0 unspecified atom stereocenters. The lowest BCUT2D eigenvalue weighted by atomic mass is 10.4. The van der Waals surface area contributed by atoms with Crippen LogP contribution < -0.4 is 0 Å². The van der Waals surface area contributed by atoms with E-state index >= 15 is 0 Å². The van der Waals surface area contributed by atoms with Crippen LogP contribution in [0.2, 0.25) is 0 Å². The Morgan fingerprint density at radius 1 is 1.22 bits per heavy atom. The van der Waals surface area contributed by atoms with Gasteiger partial charge in [0, 0.05) is 40.3 Å². The van der Waals surface area contributed by atoms with Crippen molar-refractivity contribution in [2.75, 3.05) is 39.9 Å². The van der Waals surface area contributed by atoms with E-state index in [2.05, 4.69) is 5.10 Å². The van der Waals surface area contributed by atoms with Crippen LogP contribution in [0.1, 0.15) is 17.8 Å². The number of aryl methyl sites for hydroxylation is 2. The van der Waals surface area contributed by atoms with E-state index in [4.69, 9.17) is 4.74 Å². The Morgan fingerprint density at radius 3 is 2.48 bits per heavy atom. The number of amides is 1. The maximum absolute atomic E-state index is 12.9. The molecule has 0 aromatic carbocycles. The molecule has 0 N–H and O–H groups in total. The Labute approximate surface area is 137 Å². The highest BCUT2D eigenvalue weighted by atomic mass is 32.2. The molecular formula is C14H24N4O4S. The minimum atomic E-state index is -3.61. The van der Waals surface area contributed by atoms with Crippen molar-refractivity contribution in [3.8, 4) is 0 Å². The average molecular weight is 344 g/mol. The smallest absolute Gasteiger partial charge is 0.248 e. The highest BCUT2D eigenvalue weighted by Gasteiger charge is 2.32. The quantitative estimate of drug-likeness (QED) is 0.762. The van der Waals surface area contributed by atoms with Crippen LogP contribution in [-0.2, 0) is 26.6 Å². The fourth-order valence-electron chi connectivity index (χ4n) is 2.85. The van der Waals surface area contributed by atoms with Gasteiger partial charge in [0.05, 0.1) is 11.4 Å². The number of sulfonamides is 1. The van der Waals surface area contributed by atoms with Crippen LogP contribution in [-0.4, -0.2) is 73.2 Å². The number of aromatic nitrogens is 2. The molecule has 1 aliphatic heterocycles. The molecule has 0 aliphatic carbocycles. The number of carbonyl (C=O) groups excluding carboxylic acids is 1. The van der Waals surface area contributed by atoms with Crippen molar-refractivity contribution < 1.29 is 17.9 Å². The largest absolute Gasteiger partial charge is 0.375 e. The van der Waals surface area contributed by atoms with Crippen LogP contribution in [0.5, 0.6) is 0 Å². The molecule has 8 nitrogen and oxygen atoms in total. The molecule has 1 fully saturated rings. The van der Waals surface area contributed by atoms with Gasteiger partial charge in [0.15, 0.2) is 0 Å². The first kappa shape index (κ1) is 17.9. The van der Waals surface area contributed by atoms with Gasteiger partial charge in [-0.2, -0.15) is 9.40 Å². The zero-order valence-electron chi connectivity index (χ0n) is 14.1. The second-order valence-corrected chi connectivity index (χ2v) is 7.57. The van der Waals surface area contributed by atoms with Gasteiger partial charge in [0.2, 0.25) is 15.9 Å². The maximum Gasteiger partial charge on any atom is 0.248 e. The van der Waals surface area contributed by atoms with Crippen LogP contribution in [0.3, 0.4) is 0 Å². The Bertz CT molecular complexity index is 683. The maximum atomic E-state index is 12.9. The summed E-state index contributed by atoms with van der Waals surface area (Å²) in [7, 11) is -0.403. The molecule has 0 spiro atoms. The van der Waals surface area contributed by atoms with Crippen LogP contribution >= 0.6 is 0 Å². The summed E-state index contributed by atoms with van der Waals surface area (Å²) in [5, 5.41) is 4.19. The summed E-state index contributed by atoms with van der Waals surface area (Å²) in [5.74, 6) is -0.111. The van der Waals surface area contributed by atoms with Crippen molar-refractivity contribution in [1.82, 2.24) is 19.0 Å². The Morgan fingerprint density at radius 2 is 1.91 bits per heavy atom. The number of hydrogen-bond acceptors (Lipinski definition) is 5. The van der Waals surface area contributed by atoms with E-state index in [1.54, 1.807) is 30.5 Å². The van der Waals surface area contributed by atoms with E-state index in [1.165, 1.54) is 11.4 Å². The molecule has 1 amide bonds. The van der Waals surface area contributed by atoms with Gasteiger partial charge in [-0.1, -0.05) is 0 Å². The van der Waals surface area contributed by atoms with Crippen molar-refractivity contribution in [1.29, 1.82) is 0 Å². The predicted molar refractivity (Wildman–Crippen MR) is 84.5 cm³/mol. The predicted octanol–water partition coefficient (Wildman–Crippen LogP) is -0.0937. The van der Waals surface area contributed by atoms with Gasteiger partial charge in [-0.3, -0.25) is 9.48 Å². The van der Waals surface area contributed by atoms with Crippen molar-refractivity contribution in [3.05, 3.63) is 11.4 Å². The minimum absolute atomic E-state index is 0.0214. The SMILES string of the molecule is COCC(=O)N1CCCN(S(=O)(=O)c2c(C)nn(C)c2C)CC1. The lowest BCUT2D eigenvalue weighted by molar-refractivity contribution is -0.134. The van der Waals surface area contributed by atoms with Crippen molar-refractivity contribution >= 4 is 15.9 Å². The zero-order valence-corrected chi connectivity index (χ0v) is 14.9. The van der Waals surface area contributed by atoms with Crippen LogP contribution in [0.4, 0.5) is 0 Å². The van der Waals surface area contributed by atoms with Gasteiger partial charge in [-0.15, -0.1) is 0 Å². The topological polar surface area (TPSA) is 84.7 Å². The summed E-state index contributed by atoms with van der Waals surface area (Å²) in [4.78, 5) is 13.8. The van der Waals surface area contributed by atoms with E-state index in [-0.39, 0.29) is 24.0 Å². The summed E-state index contributed by atoms with van der Waals surface area (Å²) in [6.45, 7) is 5.07. The number of hydrogen-bond donors (Lipinski definition) is 0. The van der Waals surface area contributed by atoms with Crippen molar-refractivity contribution in [2.24, 2.45) is 7.05 Å². The third kappa shape index (κ3) is 3.56. The molecule has 130 valence electrons. The van der Waals surface area contributed by atoms with Gasteiger partial charge in [-0.05, 0) is 20.3 Å². The molecule has 2 rings (SSSR count). The molecule has 1 aromatic heterocycles. The van der Waals surface area contributed by atoms with Crippen molar-refractivity contribution in [2.45, 2.75) is 25.2 Å². The van der Waals surface area contributed by atoms with Gasteiger partial charge < -0.3 is 9.64 Å². The number of nitrogens with zero attached hydrogens (tertiary/aromatic N) is 4. The molecule has 0 radical (unpaired) electrons. The number of rotatable bonds is 4. The molecule has 2 heterocycles. The molecule has 0 bridgehead atoms.